The molecule has 1 aromatic rings. The highest BCUT2D eigenvalue weighted by Crippen LogP contribution is 2.22. The molecule has 0 amide bonds. The van der Waals surface area contributed by atoms with Crippen molar-refractivity contribution < 1.29 is 8.42 Å². The zero-order chi connectivity index (χ0) is 12.3. The number of nitrogens with zero attached hydrogens (tertiary/aromatic N) is 1. The molecule has 6 heteroatoms. The van der Waals surface area contributed by atoms with Crippen molar-refractivity contribution in [3.8, 4) is 0 Å². The summed E-state index contributed by atoms with van der Waals surface area (Å²) >= 11 is 11.7. The monoisotopic (exact) mass is 281 g/mol. The van der Waals surface area contributed by atoms with Crippen molar-refractivity contribution in [1.82, 2.24) is 4.31 Å². The van der Waals surface area contributed by atoms with Crippen LogP contribution in [0, 0.1) is 0 Å². The van der Waals surface area contributed by atoms with Crippen LogP contribution in [0.2, 0.25) is 10.0 Å². The molecule has 0 radical (unpaired) electrons. The first-order chi connectivity index (χ1) is 7.36. The first-order valence-electron chi connectivity index (χ1n) is 4.74. The Kier molecular flexibility index (Phi) is 4.62. The molecule has 0 saturated heterocycles. The average molecular weight is 282 g/mol. The van der Waals surface area contributed by atoms with Crippen LogP contribution in [0.1, 0.15) is 12.5 Å². The second-order valence-corrected chi connectivity index (χ2v) is 6.60. The van der Waals surface area contributed by atoms with Crippen molar-refractivity contribution >= 4 is 33.2 Å². The smallest absolute Gasteiger partial charge is 0.212 e. The van der Waals surface area contributed by atoms with Crippen LogP contribution in [0.4, 0.5) is 0 Å². The summed E-state index contributed by atoms with van der Waals surface area (Å²) in [7, 11) is -1.65. The van der Waals surface area contributed by atoms with Gasteiger partial charge in [-0.1, -0.05) is 29.3 Å². The van der Waals surface area contributed by atoms with Crippen LogP contribution in [0.5, 0.6) is 0 Å². The SMILES string of the molecule is CCS(=O)(=O)N(C)Cc1ccc(Cl)cc1Cl. The second-order valence-electron chi connectivity index (χ2n) is 3.39. The molecule has 0 bridgehead atoms. The number of hydrogen-bond acceptors (Lipinski definition) is 2. The highest BCUT2D eigenvalue weighted by Gasteiger charge is 2.16. The summed E-state index contributed by atoms with van der Waals surface area (Å²) in [5, 5.41) is 1.01. The molecule has 0 unspecified atom stereocenters. The first kappa shape index (κ1) is 13.8. The van der Waals surface area contributed by atoms with E-state index in [1.54, 1.807) is 25.1 Å². The topological polar surface area (TPSA) is 37.4 Å². The Hall–Kier alpha value is -0.290. The minimum absolute atomic E-state index is 0.0781. The molecule has 0 aromatic heterocycles. The maximum Gasteiger partial charge on any atom is 0.213 e. The zero-order valence-corrected chi connectivity index (χ0v) is 11.4. The van der Waals surface area contributed by atoms with E-state index >= 15 is 0 Å². The third-order valence-corrected chi connectivity index (χ3v) is 4.64. The normalized spacial score (nSPS) is 12.1. The van der Waals surface area contributed by atoms with E-state index in [1.165, 1.54) is 11.4 Å². The van der Waals surface area contributed by atoms with Crippen molar-refractivity contribution in [1.29, 1.82) is 0 Å². The van der Waals surface area contributed by atoms with Crippen LogP contribution >= 0.6 is 23.2 Å². The van der Waals surface area contributed by atoms with Gasteiger partial charge in [0.15, 0.2) is 0 Å². The molecule has 0 saturated carbocycles. The molecule has 0 N–H and O–H groups in total. The summed E-state index contributed by atoms with van der Waals surface area (Å²) in [5.41, 5.74) is 0.741. The van der Waals surface area contributed by atoms with Crippen molar-refractivity contribution in [2.24, 2.45) is 0 Å². The minimum atomic E-state index is -3.18. The van der Waals surface area contributed by atoms with Crippen molar-refractivity contribution in [3.05, 3.63) is 33.8 Å². The van der Waals surface area contributed by atoms with Crippen LogP contribution in [0.15, 0.2) is 18.2 Å². The molecule has 16 heavy (non-hydrogen) atoms. The fraction of sp³-hybridized carbons (Fsp3) is 0.400. The molecule has 90 valence electrons. The third kappa shape index (κ3) is 3.35. The van der Waals surface area contributed by atoms with Gasteiger partial charge in [0.25, 0.3) is 0 Å². The van der Waals surface area contributed by atoms with E-state index in [0.717, 1.165) is 5.56 Å². The molecule has 0 fully saturated rings. The summed E-state index contributed by atoms with van der Waals surface area (Å²) in [5.74, 6) is 0.0781. The Balaban J connectivity index is 2.89. The Morgan fingerprint density at radius 3 is 2.44 bits per heavy atom. The predicted molar refractivity (Wildman–Crippen MR) is 67.4 cm³/mol. The van der Waals surface area contributed by atoms with Gasteiger partial charge >= 0.3 is 0 Å². The Morgan fingerprint density at radius 2 is 1.94 bits per heavy atom. The van der Waals surface area contributed by atoms with Crippen molar-refractivity contribution in [2.75, 3.05) is 12.8 Å². The van der Waals surface area contributed by atoms with Crippen LogP contribution in [0.3, 0.4) is 0 Å². The number of hydrogen-bond donors (Lipinski definition) is 0. The Morgan fingerprint density at radius 1 is 1.31 bits per heavy atom. The molecule has 0 spiro atoms. The molecular weight excluding hydrogens is 269 g/mol. The largest absolute Gasteiger partial charge is 0.213 e. The van der Waals surface area contributed by atoms with Gasteiger partial charge in [-0.05, 0) is 24.6 Å². The van der Waals surface area contributed by atoms with Crippen LogP contribution in [-0.2, 0) is 16.6 Å². The lowest BCUT2D eigenvalue weighted by molar-refractivity contribution is 0.468. The lowest BCUT2D eigenvalue weighted by Crippen LogP contribution is -2.27. The summed E-state index contributed by atoms with van der Waals surface area (Å²) in [4.78, 5) is 0. The maximum atomic E-state index is 11.5. The number of halogens is 2. The van der Waals surface area contributed by atoms with Gasteiger partial charge in [0.05, 0.1) is 5.75 Å². The zero-order valence-electron chi connectivity index (χ0n) is 9.07. The molecule has 3 nitrogen and oxygen atoms in total. The minimum Gasteiger partial charge on any atom is -0.212 e. The van der Waals surface area contributed by atoms with Gasteiger partial charge < -0.3 is 0 Å². The van der Waals surface area contributed by atoms with Crippen LogP contribution in [0.25, 0.3) is 0 Å². The van der Waals surface area contributed by atoms with E-state index in [1.807, 2.05) is 0 Å². The Labute approximate surface area is 106 Å². The quantitative estimate of drug-likeness (QED) is 0.851. The fourth-order valence-electron chi connectivity index (χ4n) is 1.21. The van der Waals surface area contributed by atoms with E-state index in [-0.39, 0.29) is 12.3 Å². The molecule has 0 atom stereocenters. The summed E-state index contributed by atoms with van der Waals surface area (Å²) in [6, 6.07) is 5.02. The van der Waals surface area contributed by atoms with Crippen LogP contribution < -0.4 is 0 Å². The molecule has 0 aliphatic rings. The highest BCUT2D eigenvalue weighted by atomic mass is 35.5. The summed E-state index contributed by atoms with van der Waals surface area (Å²) < 4.78 is 24.4. The lowest BCUT2D eigenvalue weighted by atomic mass is 10.2. The van der Waals surface area contributed by atoms with E-state index in [9.17, 15) is 8.42 Å². The number of benzene rings is 1. The standard InChI is InChI=1S/C10H13Cl2NO2S/c1-3-16(14,15)13(2)7-8-4-5-9(11)6-10(8)12/h4-6H,3,7H2,1-2H3. The predicted octanol–water partition coefficient (Wildman–Crippen LogP) is 2.77. The van der Waals surface area contributed by atoms with E-state index in [2.05, 4.69) is 0 Å². The molecule has 0 heterocycles. The van der Waals surface area contributed by atoms with Gasteiger partial charge in [0, 0.05) is 23.6 Å². The van der Waals surface area contributed by atoms with E-state index < -0.39 is 10.0 Å². The molecule has 0 aliphatic carbocycles. The molecular formula is C10H13Cl2NO2S. The first-order valence-corrected chi connectivity index (χ1v) is 7.11. The molecule has 0 aliphatic heterocycles. The lowest BCUT2D eigenvalue weighted by Gasteiger charge is -2.16. The van der Waals surface area contributed by atoms with Gasteiger partial charge in [0.2, 0.25) is 10.0 Å². The maximum absolute atomic E-state index is 11.5. The number of sulfonamides is 1. The van der Waals surface area contributed by atoms with E-state index in [0.29, 0.717) is 10.0 Å². The molecule has 1 rings (SSSR count). The van der Waals surface area contributed by atoms with Gasteiger partial charge in [-0.15, -0.1) is 0 Å². The highest BCUT2D eigenvalue weighted by molar-refractivity contribution is 7.89. The third-order valence-electron chi connectivity index (χ3n) is 2.25. The fourth-order valence-corrected chi connectivity index (χ4v) is 2.45. The number of rotatable bonds is 4. The Bertz CT molecular complexity index is 474. The van der Waals surface area contributed by atoms with Crippen LogP contribution in [-0.4, -0.2) is 25.5 Å². The van der Waals surface area contributed by atoms with Gasteiger partial charge in [-0.2, -0.15) is 0 Å². The van der Waals surface area contributed by atoms with Gasteiger partial charge in [0.1, 0.15) is 0 Å². The van der Waals surface area contributed by atoms with Gasteiger partial charge in [-0.3, -0.25) is 0 Å². The summed E-state index contributed by atoms with van der Waals surface area (Å²) in [6.45, 7) is 1.86. The van der Waals surface area contributed by atoms with E-state index in [4.69, 9.17) is 23.2 Å². The molecule has 1 aromatic carbocycles. The second kappa shape index (κ2) is 5.36. The van der Waals surface area contributed by atoms with Crippen molar-refractivity contribution in [2.45, 2.75) is 13.5 Å². The van der Waals surface area contributed by atoms with Crippen molar-refractivity contribution in [3.63, 3.8) is 0 Å². The van der Waals surface area contributed by atoms with Gasteiger partial charge in [-0.25, -0.2) is 12.7 Å². The summed E-state index contributed by atoms with van der Waals surface area (Å²) in [6.07, 6.45) is 0. The average Bonchev–Trinajstić information content (AvgIpc) is 2.22.